The molecule has 2 aliphatic heterocycles. The average molecular weight is 821 g/mol. The number of rotatable bonds is 10. The number of nitrogens with zero attached hydrogens (tertiary/aromatic N) is 3. The lowest BCUT2D eigenvalue weighted by molar-refractivity contribution is -0.141. The smallest absolute Gasteiger partial charge is 0.408 e. The van der Waals surface area contributed by atoms with Crippen LogP contribution in [0.5, 0.6) is 5.88 Å². The first-order chi connectivity index (χ1) is 27.5. The van der Waals surface area contributed by atoms with Crippen LogP contribution in [0.25, 0.3) is 21.6 Å². The standard InChI is InChI=1S/C40H48N6O9S2/c1-53-23-24-18-26(19-24)55-39(50)43-31-13-6-4-2-3-5-10-25-21-40(25,38(49)45-57(51,52)28-15-16-28)44-35(47)32-20-27(22-46(32)37(31)48)54-36-34(33-14-9-17-56-33)41-29-11-7-8-12-30(29)42-36/h5,7-12,14,17,24-28,31-32H,2-4,6,13,15-16,18-23H2,1H3,(H,43,50)(H,44,47)(H,45,49)/b10-5-/t24?,25-,26?,27-,31+,32+,40-/m1/s1. The third-order valence-corrected chi connectivity index (χ3v) is 14.3. The third kappa shape index (κ3) is 8.65. The number of hydrogen-bond acceptors (Lipinski definition) is 12. The first kappa shape index (κ1) is 39.2. The van der Waals surface area contributed by atoms with E-state index in [0.717, 1.165) is 17.7 Å². The number of carbonyl (C=O) groups excluding carboxylic acids is 4. The summed E-state index contributed by atoms with van der Waals surface area (Å²) in [6.07, 6.45) is 7.83. The van der Waals surface area contributed by atoms with Crippen molar-refractivity contribution in [3.63, 3.8) is 0 Å². The van der Waals surface area contributed by atoms with Crippen LogP contribution in [0, 0.1) is 11.8 Å². The zero-order valence-electron chi connectivity index (χ0n) is 31.8. The fraction of sp³-hybridized carbons (Fsp3) is 0.550. The van der Waals surface area contributed by atoms with Gasteiger partial charge in [-0.15, -0.1) is 11.3 Å². The van der Waals surface area contributed by atoms with E-state index in [0.29, 0.717) is 74.2 Å². The van der Waals surface area contributed by atoms with E-state index in [1.165, 1.54) is 16.2 Å². The molecule has 5 atom stereocenters. The number of ether oxygens (including phenoxy) is 3. The molecule has 0 spiro atoms. The number of para-hydroxylation sites is 2. The third-order valence-electron chi connectivity index (χ3n) is 11.6. The van der Waals surface area contributed by atoms with Gasteiger partial charge in [-0.25, -0.2) is 23.2 Å². The molecule has 4 heterocycles. The number of nitrogens with one attached hydrogen (secondary N) is 3. The first-order valence-corrected chi connectivity index (χ1v) is 22.2. The number of amides is 4. The Labute approximate surface area is 335 Å². The number of thiophene rings is 1. The Morgan fingerprint density at radius 1 is 1.00 bits per heavy atom. The quantitative estimate of drug-likeness (QED) is 0.248. The van der Waals surface area contributed by atoms with Crippen molar-refractivity contribution in [3.8, 4) is 16.5 Å². The number of alkyl carbamates (subject to hydrolysis) is 1. The summed E-state index contributed by atoms with van der Waals surface area (Å²) in [5.74, 6) is -1.77. The van der Waals surface area contributed by atoms with Crippen LogP contribution in [0.2, 0.25) is 0 Å². The van der Waals surface area contributed by atoms with Gasteiger partial charge in [-0.1, -0.05) is 43.2 Å². The highest BCUT2D eigenvalue weighted by Gasteiger charge is 2.62. The van der Waals surface area contributed by atoms with E-state index in [1.807, 2.05) is 53.9 Å². The van der Waals surface area contributed by atoms with Crippen molar-refractivity contribution in [1.29, 1.82) is 0 Å². The molecule has 304 valence electrons. The van der Waals surface area contributed by atoms with Crippen LogP contribution < -0.4 is 20.1 Å². The maximum absolute atomic E-state index is 14.7. The van der Waals surface area contributed by atoms with E-state index >= 15 is 0 Å². The number of benzene rings is 1. The predicted molar refractivity (Wildman–Crippen MR) is 210 cm³/mol. The highest BCUT2D eigenvalue weighted by molar-refractivity contribution is 7.91. The molecular weight excluding hydrogens is 773 g/mol. The van der Waals surface area contributed by atoms with E-state index in [1.54, 1.807) is 7.11 Å². The molecule has 3 aliphatic carbocycles. The van der Waals surface area contributed by atoms with Crippen LogP contribution in [0.4, 0.5) is 4.79 Å². The van der Waals surface area contributed by atoms with Gasteiger partial charge in [0, 0.05) is 26.1 Å². The summed E-state index contributed by atoms with van der Waals surface area (Å²) in [4.78, 5) is 68.1. The van der Waals surface area contributed by atoms with Crippen molar-refractivity contribution in [2.75, 3.05) is 20.3 Å². The second kappa shape index (κ2) is 16.3. The minimum absolute atomic E-state index is 0.0254. The largest absolute Gasteiger partial charge is 0.471 e. The molecule has 4 fully saturated rings. The lowest BCUT2D eigenvalue weighted by Gasteiger charge is -2.34. The van der Waals surface area contributed by atoms with Gasteiger partial charge >= 0.3 is 6.09 Å². The second-order valence-corrected chi connectivity index (χ2v) is 18.8. The fourth-order valence-corrected chi connectivity index (χ4v) is 10.2. The average Bonchev–Trinajstić information content (AvgIpc) is 4.04. The molecule has 15 nitrogen and oxygen atoms in total. The molecule has 5 aliphatic rings. The van der Waals surface area contributed by atoms with Gasteiger partial charge < -0.3 is 29.7 Å². The first-order valence-electron chi connectivity index (χ1n) is 19.8. The Hall–Kier alpha value is -4.61. The van der Waals surface area contributed by atoms with Gasteiger partial charge in [0.15, 0.2) is 0 Å². The van der Waals surface area contributed by atoms with Crippen molar-refractivity contribution in [3.05, 3.63) is 53.9 Å². The van der Waals surface area contributed by atoms with Crippen LogP contribution >= 0.6 is 11.3 Å². The SMILES string of the molecule is COCC1CC(OC(=O)N[C@H]2CCCCC/C=C\[C@@H]3C[C@@]3(C(=O)NS(=O)(=O)C3CC3)NC(=O)[C@@H]3C[C@@H](Oc4nc5ccccc5nc4-c4cccs4)CN3C2=O)C1. The molecule has 0 radical (unpaired) electrons. The Kier molecular flexibility index (Phi) is 11.2. The molecule has 0 bridgehead atoms. The maximum atomic E-state index is 14.7. The maximum Gasteiger partial charge on any atom is 0.408 e. The molecule has 57 heavy (non-hydrogen) atoms. The number of carbonyl (C=O) groups is 4. The number of methoxy groups -OCH3 is 1. The van der Waals surface area contributed by atoms with E-state index in [4.69, 9.17) is 24.2 Å². The number of hydrogen-bond donors (Lipinski definition) is 3. The normalized spacial score (nSPS) is 29.7. The van der Waals surface area contributed by atoms with Gasteiger partial charge in [0.2, 0.25) is 27.7 Å². The molecule has 8 rings (SSSR count). The van der Waals surface area contributed by atoms with Gasteiger partial charge in [-0.05, 0) is 80.9 Å². The summed E-state index contributed by atoms with van der Waals surface area (Å²) in [6, 6.07) is 9.11. The predicted octanol–water partition coefficient (Wildman–Crippen LogP) is 4.23. The molecule has 1 saturated heterocycles. The molecule has 3 N–H and O–H groups in total. The number of sulfonamides is 1. The number of allylic oxidation sites excluding steroid dienone is 1. The van der Waals surface area contributed by atoms with Gasteiger partial charge in [0.05, 0.1) is 27.7 Å². The second-order valence-electron chi connectivity index (χ2n) is 15.9. The summed E-state index contributed by atoms with van der Waals surface area (Å²) in [7, 11) is -2.27. The molecule has 3 saturated carbocycles. The van der Waals surface area contributed by atoms with E-state index in [9.17, 15) is 27.6 Å². The van der Waals surface area contributed by atoms with Crippen LogP contribution in [-0.4, -0.2) is 102 Å². The molecule has 1 aromatic carbocycles. The summed E-state index contributed by atoms with van der Waals surface area (Å²) in [6.45, 7) is 0.557. The molecule has 3 aromatic rings. The Balaban J connectivity index is 1.08. The summed E-state index contributed by atoms with van der Waals surface area (Å²) >= 11 is 1.48. The van der Waals surface area contributed by atoms with Gasteiger partial charge in [0.25, 0.3) is 5.91 Å². The lowest BCUT2D eigenvalue weighted by Crippen LogP contribution is -2.58. The molecule has 4 amide bonds. The number of fused-ring (bicyclic) bond motifs is 3. The van der Waals surface area contributed by atoms with E-state index in [2.05, 4.69) is 15.4 Å². The van der Waals surface area contributed by atoms with Crippen LogP contribution in [0.1, 0.15) is 70.6 Å². The van der Waals surface area contributed by atoms with Crippen molar-refractivity contribution in [2.45, 2.75) is 106 Å². The zero-order chi connectivity index (χ0) is 39.7. The van der Waals surface area contributed by atoms with E-state index < -0.39 is 68.7 Å². The van der Waals surface area contributed by atoms with Gasteiger partial charge in [-0.3, -0.25) is 19.1 Å². The summed E-state index contributed by atoms with van der Waals surface area (Å²) in [5, 5.41) is 7.00. The van der Waals surface area contributed by atoms with Crippen molar-refractivity contribution >= 4 is 56.2 Å². The monoisotopic (exact) mass is 820 g/mol. The Morgan fingerprint density at radius 2 is 1.79 bits per heavy atom. The minimum atomic E-state index is -3.90. The van der Waals surface area contributed by atoms with E-state index in [-0.39, 0.29) is 31.4 Å². The van der Waals surface area contributed by atoms with Crippen LogP contribution in [-0.2, 0) is 33.9 Å². The van der Waals surface area contributed by atoms with Crippen molar-refractivity contribution < 1.29 is 41.8 Å². The highest BCUT2D eigenvalue weighted by Crippen LogP contribution is 2.46. The zero-order valence-corrected chi connectivity index (χ0v) is 33.4. The van der Waals surface area contributed by atoms with Gasteiger partial charge in [0.1, 0.15) is 35.5 Å². The fourth-order valence-electron chi connectivity index (χ4n) is 8.12. The molecule has 0 unspecified atom stereocenters. The van der Waals surface area contributed by atoms with Gasteiger partial charge in [-0.2, -0.15) is 0 Å². The van der Waals surface area contributed by atoms with Crippen molar-refractivity contribution in [2.24, 2.45) is 11.8 Å². The van der Waals surface area contributed by atoms with Crippen molar-refractivity contribution in [1.82, 2.24) is 30.2 Å². The molecule has 17 heteroatoms. The Bertz CT molecular complexity index is 2140. The topological polar surface area (TPSA) is 195 Å². The van der Waals surface area contributed by atoms with Crippen LogP contribution in [0.3, 0.4) is 0 Å². The summed E-state index contributed by atoms with van der Waals surface area (Å²) < 4.78 is 45.5. The summed E-state index contributed by atoms with van der Waals surface area (Å²) in [5.41, 5.74) is 0.304. The molecular formula is C40H48N6O9S2. The number of aromatic nitrogens is 2. The molecule has 2 aromatic heterocycles. The lowest BCUT2D eigenvalue weighted by atomic mass is 9.83. The Morgan fingerprint density at radius 3 is 2.53 bits per heavy atom. The van der Waals surface area contributed by atoms with Crippen LogP contribution in [0.15, 0.2) is 53.9 Å². The minimum Gasteiger partial charge on any atom is -0.471 e. The highest BCUT2D eigenvalue weighted by atomic mass is 32.2.